The first kappa shape index (κ1) is 27.9. The van der Waals surface area contributed by atoms with Gasteiger partial charge in [0.1, 0.15) is 27.6 Å². The number of imidazole rings is 1. The first-order valence-corrected chi connectivity index (χ1v) is 15.8. The Kier molecular flexibility index (Phi) is 6.60. The van der Waals surface area contributed by atoms with Crippen LogP contribution in [0.4, 0.5) is 10.1 Å². The van der Waals surface area contributed by atoms with E-state index in [1.807, 2.05) is 0 Å². The summed E-state index contributed by atoms with van der Waals surface area (Å²) < 4.78 is 40.0. The van der Waals surface area contributed by atoms with Crippen LogP contribution in [0.3, 0.4) is 0 Å². The summed E-state index contributed by atoms with van der Waals surface area (Å²) in [5.74, 6) is 5.48. The van der Waals surface area contributed by atoms with Crippen LogP contribution in [0.2, 0.25) is 5.02 Å². The fourth-order valence-electron chi connectivity index (χ4n) is 6.73. The van der Waals surface area contributed by atoms with Crippen molar-refractivity contribution in [2.24, 2.45) is 25.9 Å². The molecule has 2 atom stereocenters. The first-order chi connectivity index (χ1) is 19.3. The molecule has 2 unspecified atom stereocenters. The summed E-state index contributed by atoms with van der Waals surface area (Å²) in [4.78, 5) is 17.8. The van der Waals surface area contributed by atoms with Gasteiger partial charge in [0.05, 0.1) is 22.7 Å². The normalized spacial score (nSPS) is 26.3. The van der Waals surface area contributed by atoms with Gasteiger partial charge in [-0.2, -0.15) is 5.10 Å². The second-order valence-corrected chi connectivity index (χ2v) is 14.6. The number of aromatic nitrogens is 4. The highest BCUT2D eigenvalue weighted by Gasteiger charge is 2.52. The zero-order valence-corrected chi connectivity index (χ0v) is 24.6. The van der Waals surface area contributed by atoms with E-state index in [-0.39, 0.29) is 28.7 Å². The average Bonchev–Trinajstić information content (AvgIpc) is 3.09. The van der Waals surface area contributed by atoms with Crippen molar-refractivity contribution in [2.45, 2.75) is 54.8 Å². The summed E-state index contributed by atoms with van der Waals surface area (Å²) in [5.41, 5.74) is 1.62. The molecule has 0 aliphatic heterocycles. The van der Waals surface area contributed by atoms with Crippen LogP contribution in [0.1, 0.15) is 72.0 Å². The molecule has 41 heavy (non-hydrogen) atoms. The molecule has 3 aliphatic rings. The fourth-order valence-corrected chi connectivity index (χ4v) is 7.99. The monoisotopic (exact) mass is 599 g/mol. The van der Waals surface area contributed by atoms with Crippen molar-refractivity contribution >= 4 is 33.0 Å². The van der Waals surface area contributed by atoms with Crippen molar-refractivity contribution in [2.75, 3.05) is 11.6 Å². The molecule has 6 rings (SSSR count). The lowest BCUT2D eigenvalue weighted by molar-refractivity contribution is 0.0263. The molecule has 0 bridgehead atoms. The minimum Gasteiger partial charge on any atom is -0.384 e. The number of fused-ring (bicyclic) bond motifs is 1. The van der Waals surface area contributed by atoms with Gasteiger partial charge in [0.15, 0.2) is 9.84 Å². The first-order valence-electron chi connectivity index (χ1n) is 13.6. The van der Waals surface area contributed by atoms with Gasteiger partial charge in [-0.15, -0.1) is 0 Å². The van der Waals surface area contributed by atoms with Crippen molar-refractivity contribution in [1.29, 1.82) is 0 Å². The van der Waals surface area contributed by atoms with E-state index in [0.29, 0.717) is 54.1 Å². The Bertz CT molecular complexity index is 1720. The van der Waals surface area contributed by atoms with E-state index < -0.39 is 26.0 Å². The molecule has 2 N–H and O–H groups in total. The summed E-state index contributed by atoms with van der Waals surface area (Å²) in [6.07, 6.45) is 6.59. The number of aryl methyl sites for hydroxylation is 2. The number of benzene rings is 1. The van der Waals surface area contributed by atoms with Gasteiger partial charge in [0.25, 0.3) is 5.91 Å². The Hall–Kier alpha value is -3.20. The van der Waals surface area contributed by atoms with E-state index in [9.17, 15) is 22.7 Å². The molecule has 1 amide bonds. The topological polar surface area (TPSA) is 119 Å². The van der Waals surface area contributed by atoms with E-state index in [1.165, 1.54) is 24.5 Å². The van der Waals surface area contributed by atoms with Gasteiger partial charge in [-0.1, -0.05) is 17.5 Å². The summed E-state index contributed by atoms with van der Waals surface area (Å²) in [5, 5.41) is 18.9. The average molecular weight is 600 g/mol. The lowest BCUT2D eigenvalue weighted by atomic mass is 9.90. The molecule has 9 nitrogen and oxygen atoms in total. The van der Waals surface area contributed by atoms with E-state index in [4.69, 9.17) is 11.6 Å². The minimum atomic E-state index is -3.27. The van der Waals surface area contributed by atoms with E-state index in [2.05, 4.69) is 27.2 Å². The summed E-state index contributed by atoms with van der Waals surface area (Å²) >= 11 is 5.88. The smallest absolute Gasteiger partial charge is 0.274 e. The number of rotatable bonds is 5. The molecular formula is C29H31ClFN5O4S. The van der Waals surface area contributed by atoms with E-state index in [1.54, 1.807) is 35.7 Å². The van der Waals surface area contributed by atoms with Gasteiger partial charge in [0, 0.05) is 32.0 Å². The lowest BCUT2D eigenvalue weighted by Crippen LogP contribution is -2.26. The molecule has 0 radical (unpaired) electrons. The largest absolute Gasteiger partial charge is 0.384 e. The van der Waals surface area contributed by atoms with Gasteiger partial charge >= 0.3 is 0 Å². The third kappa shape index (κ3) is 4.96. The number of aliphatic hydroxyl groups is 1. The highest BCUT2D eigenvalue weighted by Crippen LogP contribution is 2.56. The standard InChI is InChI=1S/C29H31ClFN5O4S/c1-35-16-32-25(26(35)27(37)33-20-4-5-23(31)22(30)12-20)17-10-18-14-29(38,15-19(18)11-17)24-13-21(34-36(24)2)6-7-28(8-9-28)41(3,39)40/h4-5,12-13,16-19,38H,8-11,14-15H2,1-3H3,(H,33,37). The number of nitrogens with one attached hydrogen (secondary N) is 1. The number of amides is 1. The zero-order valence-electron chi connectivity index (χ0n) is 23.0. The highest BCUT2D eigenvalue weighted by atomic mass is 35.5. The van der Waals surface area contributed by atoms with E-state index in [0.717, 1.165) is 12.8 Å². The fraction of sp³-hybridized carbons (Fsp3) is 0.483. The summed E-state index contributed by atoms with van der Waals surface area (Å²) in [6.45, 7) is 0. The second kappa shape index (κ2) is 9.68. The van der Waals surface area contributed by atoms with Crippen LogP contribution in [0.5, 0.6) is 0 Å². The third-order valence-corrected chi connectivity index (χ3v) is 11.2. The molecule has 0 spiro atoms. The lowest BCUT2D eigenvalue weighted by Gasteiger charge is -2.25. The van der Waals surface area contributed by atoms with Crippen LogP contribution >= 0.6 is 11.6 Å². The van der Waals surface area contributed by atoms with Crippen LogP contribution < -0.4 is 5.32 Å². The molecule has 12 heteroatoms. The number of carbonyl (C=O) groups excluding carboxylic acids is 1. The Balaban J connectivity index is 1.16. The number of hydrogen-bond acceptors (Lipinski definition) is 6. The van der Waals surface area contributed by atoms with Gasteiger partial charge < -0.3 is 15.0 Å². The molecule has 3 aliphatic carbocycles. The van der Waals surface area contributed by atoms with Crippen LogP contribution in [0, 0.1) is 29.5 Å². The molecule has 3 fully saturated rings. The van der Waals surface area contributed by atoms with Crippen molar-refractivity contribution in [1.82, 2.24) is 19.3 Å². The minimum absolute atomic E-state index is 0.0620. The van der Waals surface area contributed by atoms with Gasteiger partial charge in [-0.25, -0.2) is 17.8 Å². The highest BCUT2D eigenvalue weighted by molar-refractivity contribution is 7.92. The van der Waals surface area contributed by atoms with E-state index >= 15 is 0 Å². The predicted octanol–water partition coefficient (Wildman–Crippen LogP) is 3.92. The second-order valence-electron chi connectivity index (χ2n) is 11.9. The quantitative estimate of drug-likeness (QED) is 0.429. The Labute approximate surface area is 243 Å². The van der Waals surface area contributed by atoms with Crippen LogP contribution in [-0.2, 0) is 29.5 Å². The maximum absolute atomic E-state index is 13.6. The van der Waals surface area contributed by atoms with Crippen LogP contribution in [-0.4, -0.2) is 49.8 Å². The molecule has 3 saturated carbocycles. The van der Waals surface area contributed by atoms with Gasteiger partial charge in [-0.05, 0) is 80.5 Å². The molecular weight excluding hydrogens is 569 g/mol. The van der Waals surface area contributed by atoms with Crippen molar-refractivity contribution in [3.8, 4) is 11.8 Å². The Morgan fingerprint density at radius 2 is 1.88 bits per heavy atom. The SMILES string of the molecule is Cn1cnc(C2CC3CC(O)(c4cc(C#CC5(S(C)(=O)=O)CC5)nn4C)CC3C2)c1C(=O)Nc1ccc(F)c(Cl)c1. The number of halogens is 2. The van der Waals surface area contributed by atoms with Gasteiger partial charge in [0.2, 0.25) is 0 Å². The maximum atomic E-state index is 13.6. The molecule has 2 heterocycles. The third-order valence-electron chi connectivity index (χ3n) is 8.97. The molecule has 216 valence electrons. The number of hydrogen-bond donors (Lipinski definition) is 2. The predicted molar refractivity (Wildman–Crippen MR) is 152 cm³/mol. The Morgan fingerprint density at radius 1 is 1.20 bits per heavy atom. The van der Waals surface area contributed by atoms with Crippen LogP contribution in [0.25, 0.3) is 0 Å². The van der Waals surface area contributed by atoms with Crippen LogP contribution in [0.15, 0.2) is 30.6 Å². The number of nitrogens with zero attached hydrogens (tertiary/aromatic N) is 4. The molecule has 2 aromatic heterocycles. The summed E-state index contributed by atoms with van der Waals surface area (Å²) in [7, 11) is 0.270. The van der Waals surface area contributed by atoms with Crippen molar-refractivity contribution < 1.29 is 22.7 Å². The van der Waals surface area contributed by atoms with Crippen molar-refractivity contribution in [3.63, 3.8) is 0 Å². The number of anilines is 1. The molecule has 3 aromatic rings. The summed E-state index contributed by atoms with van der Waals surface area (Å²) in [6, 6.07) is 5.81. The van der Waals surface area contributed by atoms with Crippen molar-refractivity contribution in [3.05, 3.63) is 64.2 Å². The maximum Gasteiger partial charge on any atom is 0.274 e. The number of sulfone groups is 1. The zero-order chi connectivity index (χ0) is 29.3. The van der Waals surface area contributed by atoms with Gasteiger partial charge in [-0.3, -0.25) is 9.48 Å². The molecule has 1 aromatic carbocycles. The molecule has 0 saturated heterocycles. The number of carbonyl (C=O) groups is 1. The Morgan fingerprint density at radius 3 is 2.49 bits per heavy atom.